The lowest BCUT2D eigenvalue weighted by Crippen LogP contribution is -2.34. The number of nitrogens with zero attached hydrogens (tertiary/aromatic N) is 1. The first-order valence-electron chi connectivity index (χ1n) is 18.4. The number of benzene rings is 4. The van der Waals surface area contributed by atoms with Crippen molar-refractivity contribution in [2.24, 2.45) is 5.41 Å². The van der Waals surface area contributed by atoms with Gasteiger partial charge in [0, 0.05) is 28.3 Å². The molecular formula is C47H58N2. The summed E-state index contributed by atoms with van der Waals surface area (Å²) >= 11 is 0. The zero-order chi connectivity index (χ0) is 35.4. The Morgan fingerprint density at radius 2 is 1.33 bits per heavy atom. The average molecular weight is 651 g/mol. The molecule has 0 radical (unpaired) electrons. The maximum Gasteiger partial charge on any atom is 0.0540 e. The smallest absolute Gasteiger partial charge is 0.0540 e. The van der Waals surface area contributed by atoms with Crippen molar-refractivity contribution in [1.29, 1.82) is 0 Å². The summed E-state index contributed by atoms with van der Waals surface area (Å²) in [6.07, 6.45) is 9.12. The average Bonchev–Trinajstić information content (AvgIpc) is 3.03. The van der Waals surface area contributed by atoms with Gasteiger partial charge in [-0.3, -0.25) is 0 Å². The molecule has 0 atom stereocenters. The number of anilines is 4. The van der Waals surface area contributed by atoms with Crippen LogP contribution in [0.4, 0.5) is 22.7 Å². The van der Waals surface area contributed by atoms with Gasteiger partial charge < -0.3 is 10.2 Å². The molecule has 256 valence electrons. The number of allylic oxidation sites excluding steroid dienone is 4. The number of rotatable bonds is 6. The SMILES string of the molecule is Cc1cc(NC2=CC=C(C(C)(C)C)CC2)cc(N(c2ccc3c(c2)C(C)(C)CCC3(C)C)c2ccc(C(C)(C)C)cc2-c2ccccc2)c1. The van der Waals surface area contributed by atoms with E-state index in [9.17, 15) is 0 Å². The number of nitrogens with one attached hydrogen (secondary N) is 1. The maximum absolute atomic E-state index is 3.83. The Hall–Kier alpha value is -4.04. The highest BCUT2D eigenvalue weighted by Crippen LogP contribution is 2.50. The van der Waals surface area contributed by atoms with E-state index in [-0.39, 0.29) is 21.7 Å². The van der Waals surface area contributed by atoms with Gasteiger partial charge in [-0.15, -0.1) is 0 Å². The summed E-state index contributed by atoms with van der Waals surface area (Å²) in [5.74, 6) is 0. The third-order valence-electron chi connectivity index (χ3n) is 11.0. The van der Waals surface area contributed by atoms with Gasteiger partial charge in [0.1, 0.15) is 0 Å². The second-order valence-electron chi connectivity index (χ2n) is 18.0. The lowest BCUT2D eigenvalue weighted by molar-refractivity contribution is 0.332. The van der Waals surface area contributed by atoms with Gasteiger partial charge in [0.05, 0.1) is 5.69 Å². The van der Waals surface area contributed by atoms with E-state index in [1.165, 1.54) is 74.6 Å². The van der Waals surface area contributed by atoms with E-state index in [4.69, 9.17) is 0 Å². The summed E-state index contributed by atoms with van der Waals surface area (Å²) in [7, 11) is 0. The molecular weight excluding hydrogens is 593 g/mol. The Labute approximate surface area is 297 Å². The van der Waals surface area contributed by atoms with E-state index in [2.05, 4.69) is 183 Å². The molecule has 2 heteroatoms. The second-order valence-corrected chi connectivity index (χ2v) is 18.0. The third kappa shape index (κ3) is 7.30. The fourth-order valence-electron chi connectivity index (χ4n) is 7.71. The Balaban J connectivity index is 1.55. The highest BCUT2D eigenvalue weighted by Gasteiger charge is 2.37. The summed E-state index contributed by atoms with van der Waals surface area (Å²) in [4.78, 5) is 2.51. The second kappa shape index (κ2) is 12.7. The summed E-state index contributed by atoms with van der Waals surface area (Å²) in [5, 5.41) is 3.83. The van der Waals surface area contributed by atoms with Crippen LogP contribution in [-0.2, 0) is 16.2 Å². The van der Waals surface area contributed by atoms with E-state index in [1.807, 2.05) is 0 Å². The van der Waals surface area contributed by atoms with Crippen molar-refractivity contribution in [3.8, 4) is 11.1 Å². The highest BCUT2D eigenvalue weighted by atomic mass is 15.1. The molecule has 1 N–H and O–H groups in total. The minimum Gasteiger partial charge on any atom is -0.359 e. The first-order valence-corrected chi connectivity index (χ1v) is 18.4. The van der Waals surface area contributed by atoms with Crippen LogP contribution in [0.25, 0.3) is 11.1 Å². The van der Waals surface area contributed by atoms with Crippen LogP contribution in [0.15, 0.2) is 108 Å². The monoisotopic (exact) mass is 650 g/mol. The lowest BCUT2D eigenvalue weighted by Gasteiger charge is -2.42. The van der Waals surface area contributed by atoms with Crippen molar-refractivity contribution in [1.82, 2.24) is 0 Å². The van der Waals surface area contributed by atoms with E-state index in [0.717, 1.165) is 18.5 Å². The molecule has 0 spiro atoms. The minimum atomic E-state index is 0.0315. The Morgan fingerprint density at radius 3 is 1.96 bits per heavy atom. The Morgan fingerprint density at radius 1 is 0.633 bits per heavy atom. The van der Waals surface area contributed by atoms with Gasteiger partial charge in [-0.05, 0) is 131 Å². The zero-order valence-corrected chi connectivity index (χ0v) is 32.0. The topological polar surface area (TPSA) is 15.3 Å². The van der Waals surface area contributed by atoms with Crippen LogP contribution < -0.4 is 10.2 Å². The molecule has 0 aromatic heterocycles. The molecule has 0 unspecified atom stereocenters. The molecule has 0 amide bonds. The molecule has 4 aromatic carbocycles. The van der Waals surface area contributed by atoms with E-state index < -0.39 is 0 Å². The van der Waals surface area contributed by atoms with Crippen molar-refractivity contribution in [2.75, 3.05) is 10.2 Å². The van der Waals surface area contributed by atoms with Gasteiger partial charge in [-0.1, -0.05) is 123 Å². The summed E-state index contributed by atoms with van der Waals surface area (Å²) in [5.41, 5.74) is 16.0. The molecule has 49 heavy (non-hydrogen) atoms. The van der Waals surface area contributed by atoms with E-state index in [1.54, 1.807) is 0 Å². The van der Waals surface area contributed by atoms with Crippen molar-refractivity contribution < 1.29 is 0 Å². The summed E-state index contributed by atoms with van der Waals surface area (Å²) < 4.78 is 0. The van der Waals surface area contributed by atoms with E-state index in [0.29, 0.717) is 0 Å². The van der Waals surface area contributed by atoms with Gasteiger partial charge in [0.15, 0.2) is 0 Å². The van der Waals surface area contributed by atoms with Crippen LogP contribution in [0.5, 0.6) is 0 Å². The molecule has 0 saturated carbocycles. The standard InChI is InChI=1S/C47H58N2/c1-32-27-37(48-36-20-17-34(18-21-36)44(2,3)4)30-39(28-32)49(38-22-23-41-42(31-38)47(10,11)26-25-46(41,8)9)43-24-19-35(45(5,6)7)29-40(43)33-15-13-12-14-16-33/h12-17,19-20,22-24,27-31,48H,18,21,25-26H2,1-11H3. The predicted molar refractivity (Wildman–Crippen MR) is 214 cm³/mol. The quantitative estimate of drug-likeness (QED) is 0.223. The third-order valence-corrected chi connectivity index (χ3v) is 11.0. The van der Waals surface area contributed by atoms with Crippen LogP contribution in [0, 0.1) is 12.3 Å². The van der Waals surface area contributed by atoms with Crippen molar-refractivity contribution in [2.45, 2.75) is 118 Å². The van der Waals surface area contributed by atoms with Crippen LogP contribution >= 0.6 is 0 Å². The largest absolute Gasteiger partial charge is 0.359 e. The van der Waals surface area contributed by atoms with Gasteiger partial charge in [-0.2, -0.15) is 0 Å². The Kier molecular flexibility index (Phi) is 9.01. The molecule has 2 aliphatic carbocycles. The van der Waals surface area contributed by atoms with Crippen molar-refractivity contribution in [3.05, 3.63) is 131 Å². The molecule has 0 bridgehead atoms. The number of hydrogen-bond acceptors (Lipinski definition) is 2. The number of aryl methyl sites for hydroxylation is 1. The molecule has 0 fully saturated rings. The lowest BCUT2D eigenvalue weighted by atomic mass is 9.63. The normalized spacial score (nSPS) is 17.1. The van der Waals surface area contributed by atoms with Gasteiger partial charge >= 0.3 is 0 Å². The van der Waals surface area contributed by atoms with Crippen LogP contribution in [-0.4, -0.2) is 0 Å². The van der Waals surface area contributed by atoms with Crippen molar-refractivity contribution in [3.63, 3.8) is 0 Å². The number of hydrogen-bond donors (Lipinski definition) is 1. The fraction of sp³-hybridized carbons (Fsp3) is 0.404. The molecule has 0 saturated heterocycles. The molecule has 0 heterocycles. The maximum atomic E-state index is 3.83. The molecule has 6 rings (SSSR count). The van der Waals surface area contributed by atoms with Gasteiger partial charge in [0.25, 0.3) is 0 Å². The van der Waals surface area contributed by atoms with Crippen LogP contribution in [0.2, 0.25) is 0 Å². The van der Waals surface area contributed by atoms with Gasteiger partial charge in [-0.25, -0.2) is 0 Å². The van der Waals surface area contributed by atoms with Crippen LogP contribution in [0.3, 0.4) is 0 Å². The van der Waals surface area contributed by atoms with Gasteiger partial charge in [0.2, 0.25) is 0 Å². The first-order chi connectivity index (χ1) is 22.9. The molecule has 4 aromatic rings. The zero-order valence-electron chi connectivity index (χ0n) is 32.0. The summed E-state index contributed by atoms with van der Waals surface area (Å²) in [6, 6.07) is 32.3. The minimum absolute atomic E-state index is 0.0315. The van der Waals surface area contributed by atoms with Crippen molar-refractivity contribution >= 4 is 22.7 Å². The molecule has 2 aliphatic rings. The number of fused-ring (bicyclic) bond motifs is 1. The van der Waals surface area contributed by atoms with Crippen LogP contribution in [0.1, 0.15) is 117 Å². The summed E-state index contributed by atoms with van der Waals surface area (Å²) in [6.45, 7) is 25.8. The highest BCUT2D eigenvalue weighted by molar-refractivity contribution is 5.89. The Bertz CT molecular complexity index is 1900. The first kappa shape index (κ1) is 34.8. The van der Waals surface area contributed by atoms with E-state index >= 15 is 0 Å². The molecule has 0 aliphatic heterocycles. The fourth-order valence-corrected chi connectivity index (χ4v) is 7.71. The predicted octanol–water partition coefficient (Wildman–Crippen LogP) is 13.8. The molecule has 2 nitrogen and oxygen atoms in total.